The van der Waals surface area contributed by atoms with Crippen LogP contribution in [0.2, 0.25) is 0 Å². The van der Waals surface area contributed by atoms with Gasteiger partial charge in [0, 0.05) is 41.8 Å². The molecule has 2 aliphatic heterocycles. The van der Waals surface area contributed by atoms with Gasteiger partial charge in [-0.3, -0.25) is 9.59 Å². The van der Waals surface area contributed by atoms with Crippen molar-refractivity contribution in [3.8, 4) is 11.5 Å². The zero-order valence-corrected chi connectivity index (χ0v) is 19.5. The molecule has 5 rings (SSSR count). The molecule has 0 saturated carbocycles. The average Bonchev–Trinajstić information content (AvgIpc) is 3.33. The maximum atomic E-state index is 13.3. The van der Waals surface area contributed by atoms with E-state index in [-0.39, 0.29) is 36.8 Å². The van der Waals surface area contributed by atoms with Crippen LogP contribution in [0.1, 0.15) is 31.4 Å². The van der Waals surface area contributed by atoms with E-state index in [2.05, 4.69) is 5.32 Å². The number of hydrogen-bond acceptors (Lipinski definition) is 6. The number of carbonyl (C=O) groups excluding carboxylic acids is 2. The normalized spacial score (nSPS) is 15.3. The van der Waals surface area contributed by atoms with Crippen LogP contribution in [0.5, 0.6) is 11.5 Å². The molecule has 9 nitrogen and oxygen atoms in total. The topological polar surface area (TPSA) is 99.1 Å². The van der Waals surface area contributed by atoms with Crippen molar-refractivity contribution in [1.82, 2.24) is 9.47 Å². The maximum Gasteiger partial charge on any atom is 0.409 e. The van der Waals surface area contributed by atoms with Crippen LogP contribution in [0.15, 0.2) is 53.5 Å². The van der Waals surface area contributed by atoms with Crippen LogP contribution in [0.3, 0.4) is 0 Å². The lowest BCUT2D eigenvalue weighted by Gasteiger charge is -2.32. The predicted octanol–water partition coefficient (Wildman–Crippen LogP) is 3.70. The Morgan fingerprint density at radius 1 is 1.06 bits per heavy atom. The van der Waals surface area contributed by atoms with Gasteiger partial charge in [0.05, 0.1) is 13.0 Å². The van der Waals surface area contributed by atoms with E-state index in [0.717, 1.165) is 5.56 Å². The lowest BCUT2D eigenvalue weighted by molar-refractivity contribution is -0.115. The summed E-state index contributed by atoms with van der Waals surface area (Å²) in [5.74, 6) is 1.12. The zero-order valence-electron chi connectivity index (χ0n) is 19.5. The number of ether oxygens (including phenoxy) is 3. The molecule has 0 atom stereocenters. The van der Waals surface area contributed by atoms with Crippen molar-refractivity contribution in [2.75, 3.05) is 31.8 Å². The number of pyridine rings is 1. The van der Waals surface area contributed by atoms with Crippen molar-refractivity contribution >= 4 is 28.5 Å². The molecule has 0 spiro atoms. The monoisotopic (exact) mass is 477 g/mol. The van der Waals surface area contributed by atoms with E-state index < -0.39 is 0 Å². The number of piperidine rings is 1. The van der Waals surface area contributed by atoms with E-state index >= 15 is 0 Å². The van der Waals surface area contributed by atoms with Crippen molar-refractivity contribution in [3.63, 3.8) is 0 Å². The van der Waals surface area contributed by atoms with E-state index in [1.54, 1.807) is 52.9 Å². The fourth-order valence-electron chi connectivity index (χ4n) is 4.66. The summed E-state index contributed by atoms with van der Waals surface area (Å²) in [6.45, 7) is 3.41. The third kappa shape index (κ3) is 4.66. The Balaban J connectivity index is 1.30. The Morgan fingerprint density at radius 2 is 1.86 bits per heavy atom. The van der Waals surface area contributed by atoms with Crippen LogP contribution in [-0.4, -0.2) is 48.0 Å². The molecule has 1 fully saturated rings. The number of fused-ring (bicyclic) bond motifs is 2. The Hall–Kier alpha value is -4.01. The Morgan fingerprint density at radius 3 is 2.66 bits per heavy atom. The van der Waals surface area contributed by atoms with Crippen molar-refractivity contribution in [2.45, 2.75) is 32.2 Å². The molecule has 182 valence electrons. The highest BCUT2D eigenvalue weighted by Gasteiger charge is 2.25. The fraction of sp³-hybridized carbons (Fsp3) is 0.346. The van der Waals surface area contributed by atoms with E-state index in [4.69, 9.17) is 14.2 Å². The van der Waals surface area contributed by atoms with Gasteiger partial charge in [-0.2, -0.15) is 0 Å². The molecule has 0 unspecified atom stereocenters. The Kier molecular flexibility index (Phi) is 6.31. The summed E-state index contributed by atoms with van der Waals surface area (Å²) in [6.07, 6.45) is 3.00. The van der Waals surface area contributed by atoms with Gasteiger partial charge in [-0.15, -0.1) is 0 Å². The van der Waals surface area contributed by atoms with Gasteiger partial charge < -0.3 is 29.0 Å². The summed E-state index contributed by atoms with van der Waals surface area (Å²) in [7, 11) is 0. The molecule has 1 N–H and O–H groups in total. The number of nitrogens with one attached hydrogen (secondary N) is 1. The number of nitrogens with zero attached hydrogens (tertiary/aromatic N) is 2. The number of amides is 2. The summed E-state index contributed by atoms with van der Waals surface area (Å²) in [4.78, 5) is 39.7. The van der Waals surface area contributed by atoms with Crippen LogP contribution < -0.4 is 20.3 Å². The van der Waals surface area contributed by atoms with Gasteiger partial charge in [0.25, 0.3) is 5.56 Å². The van der Waals surface area contributed by atoms with E-state index in [1.807, 2.05) is 12.1 Å². The average molecular weight is 478 g/mol. The van der Waals surface area contributed by atoms with E-state index in [1.165, 1.54) is 0 Å². The lowest BCUT2D eigenvalue weighted by Crippen LogP contribution is -2.41. The molecule has 9 heteroatoms. The van der Waals surface area contributed by atoms with Crippen LogP contribution in [-0.2, 0) is 16.0 Å². The standard InChI is InChI=1S/C26H27N3O6/c1-2-33-26(32)28-11-8-18(9-12-28)29-13-10-19-20(25(29)31)4-3-5-21(19)27-24(30)15-17-6-7-22-23(14-17)35-16-34-22/h3-7,10,13-14,18H,2,8-9,11-12,15-16H2,1H3,(H,27,30). The summed E-state index contributed by atoms with van der Waals surface area (Å²) in [5, 5.41) is 4.17. The van der Waals surface area contributed by atoms with Crippen molar-refractivity contribution in [2.24, 2.45) is 0 Å². The summed E-state index contributed by atoms with van der Waals surface area (Å²) in [6, 6.07) is 12.6. The van der Waals surface area contributed by atoms with E-state index in [0.29, 0.717) is 60.5 Å². The molecular weight excluding hydrogens is 450 g/mol. The third-order valence-corrected chi connectivity index (χ3v) is 6.43. The minimum Gasteiger partial charge on any atom is -0.454 e. The molecular formula is C26H27N3O6. The first-order valence-corrected chi connectivity index (χ1v) is 11.8. The molecule has 3 heterocycles. The third-order valence-electron chi connectivity index (χ3n) is 6.43. The first-order chi connectivity index (χ1) is 17.0. The molecule has 2 aromatic carbocycles. The van der Waals surface area contributed by atoms with Crippen molar-refractivity contribution in [1.29, 1.82) is 0 Å². The fourth-order valence-corrected chi connectivity index (χ4v) is 4.66. The highest BCUT2D eigenvalue weighted by Crippen LogP contribution is 2.33. The molecule has 3 aromatic rings. The molecule has 0 radical (unpaired) electrons. The largest absolute Gasteiger partial charge is 0.454 e. The number of benzene rings is 2. The molecule has 1 aromatic heterocycles. The number of hydrogen-bond donors (Lipinski definition) is 1. The lowest BCUT2D eigenvalue weighted by atomic mass is 10.0. The smallest absolute Gasteiger partial charge is 0.409 e. The maximum absolute atomic E-state index is 13.3. The second-order valence-electron chi connectivity index (χ2n) is 8.62. The number of likely N-dealkylation sites (tertiary alicyclic amines) is 1. The second kappa shape index (κ2) is 9.69. The second-order valence-corrected chi connectivity index (χ2v) is 8.62. The van der Waals surface area contributed by atoms with E-state index in [9.17, 15) is 14.4 Å². The molecule has 35 heavy (non-hydrogen) atoms. The van der Waals surface area contributed by atoms with Gasteiger partial charge >= 0.3 is 6.09 Å². The highest BCUT2D eigenvalue weighted by molar-refractivity contribution is 6.02. The van der Waals surface area contributed by atoms with Gasteiger partial charge in [-0.25, -0.2) is 4.79 Å². The summed E-state index contributed by atoms with van der Waals surface area (Å²) >= 11 is 0. The quantitative estimate of drug-likeness (QED) is 0.602. The van der Waals surface area contributed by atoms with Gasteiger partial charge in [0.15, 0.2) is 11.5 Å². The molecule has 0 aliphatic carbocycles. The minimum absolute atomic E-state index is 0.00170. The minimum atomic E-state index is -0.307. The number of carbonyl (C=O) groups is 2. The zero-order chi connectivity index (χ0) is 24.4. The van der Waals surface area contributed by atoms with Gasteiger partial charge in [-0.1, -0.05) is 12.1 Å². The SMILES string of the molecule is CCOC(=O)N1CCC(n2ccc3c(NC(=O)Cc4ccc5c(c4)OCO5)cccc3c2=O)CC1. The first-order valence-electron chi connectivity index (χ1n) is 11.8. The number of anilines is 1. The molecule has 2 aliphatic rings. The summed E-state index contributed by atoms with van der Waals surface area (Å²) in [5.41, 5.74) is 1.29. The van der Waals surface area contributed by atoms with Gasteiger partial charge in [-0.05, 0) is 55.7 Å². The van der Waals surface area contributed by atoms with Gasteiger partial charge in [0.2, 0.25) is 12.7 Å². The Labute approximate surface area is 202 Å². The number of rotatable bonds is 5. The molecule has 2 amide bonds. The summed E-state index contributed by atoms with van der Waals surface area (Å²) < 4.78 is 17.5. The van der Waals surface area contributed by atoms with Crippen molar-refractivity contribution < 1.29 is 23.8 Å². The van der Waals surface area contributed by atoms with Crippen LogP contribution in [0, 0.1) is 0 Å². The van der Waals surface area contributed by atoms with Crippen LogP contribution in [0.25, 0.3) is 10.8 Å². The predicted molar refractivity (Wildman–Crippen MR) is 130 cm³/mol. The van der Waals surface area contributed by atoms with Crippen LogP contribution in [0.4, 0.5) is 10.5 Å². The number of aromatic nitrogens is 1. The highest BCUT2D eigenvalue weighted by atomic mass is 16.7. The molecule has 1 saturated heterocycles. The molecule has 0 bridgehead atoms. The van der Waals surface area contributed by atoms with Crippen LogP contribution >= 0.6 is 0 Å². The van der Waals surface area contributed by atoms with Crippen molar-refractivity contribution in [3.05, 3.63) is 64.6 Å². The first kappa shape index (κ1) is 22.8. The van der Waals surface area contributed by atoms with Gasteiger partial charge in [0.1, 0.15) is 0 Å². The Bertz CT molecular complexity index is 1330.